The third kappa shape index (κ3) is 1.73. The summed E-state index contributed by atoms with van der Waals surface area (Å²) in [6.45, 7) is 5.40. The molecule has 0 saturated carbocycles. The average Bonchev–Trinajstić information content (AvgIpc) is 2.60. The second kappa shape index (κ2) is 4.38. The molecule has 1 aromatic carbocycles. The predicted molar refractivity (Wildman–Crippen MR) is 76.2 cm³/mol. The molecule has 0 aromatic heterocycles. The van der Waals surface area contributed by atoms with E-state index in [1.807, 2.05) is 36.9 Å². The first-order valence-corrected chi connectivity index (χ1v) is 6.88. The average molecular weight is 255 g/mol. The van der Waals surface area contributed by atoms with Gasteiger partial charge in [0.2, 0.25) is 5.91 Å². The van der Waals surface area contributed by atoms with Crippen LogP contribution < -0.4 is 10.4 Å². The molecule has 1 aromatic rings. The van der Waals surface area contributed by atoms with Gasteiger partial charge in [-0.25, -0.2) is 0 Å². The standard InChI is InChI=1S/C15H18BNO2/c1-10(2)17-13-9-11(16)3-4-12(13)15(14(17)18)5-7-19-8-6-15/h3-4,9-10H,5-8H2,1-2H3. The summed E-state index contributed by atoms with van der Waals surface area (Å²) in [6.07, 6.45) is 1.54. The van der Waals surface area contributed by atoms with Gasteiger partial charge in [-0.1, -0.05) is 17.6 Å². The van der Waals surface area contributed by atoms with Crippen molar-refractivity contribution in [3.63, 3.8) is 0 Å². The molecule has 2 heterocycles. The Hall–Kier alpha value is -1.29. The number of ether oxygens (including phenoxy) is 1. The van der Waals surface area contributed by atoms with Crippen molar-refractivity contribution >= 4 is 24.9 Å². The topological polar surface area (TPSA) is 29.5 Å². The fraction of sp³-hybridized carbons (Fsp3) is 0.533. The monoisotopic (exact) mass is 255 g/mol. The van der Waals surface area contributed by atoms with Gasteiger partial charge in [0.25, 0.3) is 0 Å². The zero-order chi connectivity index (χ0) is 13.6. The van der Waals surface area contributed by atoms with Gasteiger partial charge in [0.05, 0.1) is 5.41 Å². The van der Waals surface area contributed by atoms with E-state index >= 15 is 0 Å². The maximum Gasteiger partial charge on any atom is 0.238 e. The highest BCUT2D eigenvalue weighted by molar-refractivity contribution is 6.33. The van der Waals surface area contributed by atoms with Gasteiger partial charge in [0.1, 0.15) is 7.85 Å². The van der Waals surface area contributed by atoms with Crippen LogP contribution in [0.3, 0.4) is 0 Å². The Morgan fingerprint density at radius 2 is 2.00 bits per heavy atom. The van der Waals surface area contributed by atoms with Gasteiger partial charge >= 0.3 is 0 Å². The molecule has 4 heteroatoms. The van der Waals surface area contributed by atoms with Gasteiger partial charge in [-0.2, -0.15) is 0 Å². The van der Waals surface area contributed by atoms with E-state index in [1.165, 1.54) is 0 Å². The number of carbonyl (C=O) groups excluding carboxylic acids is 1. The van der Waals surface area contributed by atoms with Gasteiger partial charge in [0, 0.05) is 24.9 Å². The number of hydrogen-bond donors (Lipinski definition) is 0. The Morgan fingerprint density at radius 3 is 2.63 bits per heavy atom. The predicted octanol–water partition coefficient (Wildman–Crippen LogP) is 1.28. The lowest BCUT2D eigenvalue weighted by atomic mass is 9.74. The fourth-order valence-electron chi connectivity index (χ4n) is 3.32. The molecule has 0 N–H and O–H groups in total. The molecular weight excluding hydrogens is 237 g/mol. The van der Waals surface area contributed by atoms with Crippen LogP contribution in [0.15, 0.2) is 18.2 Å². The van der Waals surface area contributed by atoms with Crippen molar-refractivity contribution in [2.45, 2.75) is 38.1 Å². The molecule has 2 aliphatic rings. The summed E-state index contributed by atoms with van der Waals surface area (Å²) in [7, 11) is 5.89. The maximum absolute atomic E-state index is 12.9. The Bertz CT molecular complexity index is 521. The van der Waals surface area contributed by atoms with Crippen LogP contribution in [0.25, 0.3) is 0 Å². The summed E-state index contributed by atoms with van der Waals surface area (Å²) in [5.41, 5.74) is 2.44. The van der Waals surface area contributed by atoms with Crippen molar-refractivity contribution in [1.82, 2.24) is 0 Å². The van der Waals surface area contributed by atoms with Crippen LogP contribution in [-0.4, -0.2) is 33.0 Å². The molecule has 0 unspecified atom stereocenters. The number of fused-ring (bicyclic) bond motifs is 2. The lowest BCUT2D eigenvalue weighted by Gasteiger charge is -2.33. The van der Waals surface area contributed by atoms with Crippen molar-refractivity contribution in [2.75, 3.05) is 18.1 Å². The Kier molecular flexibility index (Phi) is 2.93. The lowest BCUT2D eigenvalue weighted by Crippen LogP contribution is -2.46. The third-order valence-electron chi connectivity index (χ3n) is 4.29. The summed E-state index contributed by atoms with van der Waals surface area (Å²) in [4.78, 5) is 14.8. The molecule has 1 spiro atoms. The first-order chi connectivity index (χ1) is 9.06. The molecule has 0 atom stereocenters. The van der Waals surface area contributed by atoms with Crippen molar-refractivity contribution in [1.29, 1.82) is 0 Å². The van der Waals surface area contributed by atoms with E-state index in [4.69, 9.17) is 12.6 Å². The highest BCUT2D eigenvalue weighted by Crippen LogP contribution is 2.47. The molecule has 1 amide bonds. The van der Waals surface area contributed by atoms with Gasteiger partial charge < -0.3 is 9.64 Å². The second-order valence-corrected chi connectivity index (χ2v) is 5.74. The molecule has 1 fully saturated rings. The first-order valence-electron chi connectivity index (χ1n) is 6.88. The van der Waals surface area contributed by atoms with Gasteiger partial charge in [-0.15, -0.1) is 0 Å². The minimum absolute atomic E-state index is 0.148. The first kappa shape index (κ1) is 12.7. The highest BCUT2D eigenvalue weighted by Gasteiger charge is 2.51. The highest BCUT2D eigenvalue weighted by atomic mass is 16.5. The number of carbonyl (C=O) groups is 1. The smallest absolute Gasteiger partial charge is 0.238 e. The number of rotatable bonds is 1. The minimum atomic E-state index is -0.383. The van der Waals surface area contributed by atoms with Crippen molar-refractivity contribution in [3.8, 4) is 0 Å². The summed E-state index contributed by atoms with van der Waals surface area (Å²) >= 11 is 0. The zero-order valence-corrected chi connectivity index (χ0v) is 11.5. The van der Waals surface area contributed by atoms with Gasteiger partial charge in [0.15, 0.2) is 0 Å². The molecule has 0 bridgehead atoms. The van der Waals surface area contributed by atoms with Crippen LogP contribution >= 0.6 is 0 Å². The van der Waals surface area contributed by atoms with E-state index in [1.54, 1.807) is 0 Å². The molecule has 19 heavy (non-hydrogen) atoms. The number of anilines is 1. The number of nitrogens with zero attached hydrogens (tertiary/aromatic N) is 1. The largest absolute Gasteiger partial charge is 0.381 e. The Balaban J connectivity index is 2.17. The zero-order valence-electron chi connectivity index (χ0n) is 11.5. The molecule has 2 radical (unpaired) electrons. The third-order valence-corrected chi connectivity index (χ3v) is 4.29. The molecule has 3 nitrogen and oxygen atoms in total. The van der Waals surface area contributed by atoms with Gasteiger partial charge in [-0.3, -0.25) is 4.79 Å². The molecule has 2 aliphatic heterocycles. The van der Waals surface area contributed by atoms with Crippen LogP contribution in [0.1, 0.15) is 32.3 Å². The quantitative estimate of drug-likeness (QED) is 0.707. The van der Waals surface area contributed by atoms with E-state index in [0.29, 0.717) is 18.7 Å². The number of benzene rings is 1. The molecule has 1 saturated heterocycles. The normalized spacial score (nSPS) is 21.2. The summed E-state index contributed by atoms with van der Waals surface area (Å²) in [6, 6.07) is 6.00. The van der Waals surface area contributed by atoms with E-state index in [9.17, 15) is 4.79 Å². The second-order valence-electron chi connectivity index (χ2n) is 5.74. The molecule has 3 rings (SSSR count). The molecular formula is C15H18BNO2. The van der Waals surface area contributed by atoms with E-state index in [0.717, 1.165) is 24.1 Å². The van der Waals surface area contributed by atoms with Crippen LogP contribution in [0, 0.1) is 0 Å². The Labute approximate surface area is 115 Å². The van der Waals surface area contributed by atoms with E-state index < -0.39 is 0 Å². The van der Waals surface area contributed by atoms with Crippen LogP contribution in [0.4, 0.5) is 5.69 Å². The van der Waals surface area contributed by atoms with Crippen molar-refractivity contribution in [3.05, 3.63) is 23.8 Å². The minimum Gasteiger partial charge on any atom is -0.381 e. The number of hydrogen-bond acceptors (Lipinski definition) is 2. The summed E-state index contributed by atoms with van der Waals surface area (Å²) in [5.74, 6) is 0.214. The fourth-order valence-corrected chi connectivity index (χ4v) is 3.32. The van der Waals surface area contributed by atoms with E-state index in [2.05, 4.69) is 0 Å². The molecule has 98 valence electrons. The van der Waals surface area contributed by atoms with Crippen molar-refractivity contribution < 1.29 is 9.53 Å². The van der Waals surface area contributed by atoms with Gasteiger partial charge in [-0.05, 0) is 38.3 Å². The van der Waals surface area contributed by atoms with Crippen LogP contribution in [0.2, 0.25) is 0 Å². The summed E-state index contributed by atoms with van der Waals surface area (Å²) < 4.78 is 5.44. The molecule has 0 aliphatic carbocycles. The van der Waals surface area contributed by atoms with E-state index in [-0.39, 0.29) is 17.4 Å². The SMILES string of the molecule is [B]c1ccc2c(c1)N(C(C)C)C(=O)C21CCOCC1. The Morgan fingerprint density at radius 1 is 1.32 bits per heavy atom. The van der Waals surface area contributed by atoms with Crippen molar-refractivity contribution in [2.24, 2.45) is 0 Å². The van der Waals surface area contributed by atoms with Crippen LogP contribution in [0.5, 0.6) is 0 Å². The number of amides is 1. The summed E-state index contributed by atoms with van der Waals surface area (Å²) in [5, 5.41) is 0. The van der Waals surface area contributed by atoms with Crippen LogP contribution in [-0.2, 0) is 14.9 Å². The maximum atomic E-state index is 12.9. The lowest BCUT2D eigenvalue weighted by molar-refractivity contribution is -0.126.